The Morgan fingerprint density at radius 3 is 2.70 bits per heavy atom. The van der Waals surface area contributed by atoms with Crippen LogP contribution in [-0.2, 0) is 11.2 Å². The van der Waals surface area contributed by atoms with Crippen LogP contribution in [0.1, 0.15) is 5.89 Å². The molecule has 0 unspecified atom stereocenters. The van der Waals surface area contributed by atoms with Crippen LogP contribution in [0.4, 0.5) is 0 Å². The molecule has 0 saturated carbocycles. The molecule has 0 aliphatic carbocycles. The molecule has 1 aromatic heterocycles. The van der Waals surface area contributed by atoms with E-state index in [1.165, 1.54) is 0 Å². The predicted molar refractivity (Wildman–Crippen MR) is 77.3 cm³/mol. The number of hydrogen-bond acceptors (Lipinski definition) is 5. The van der Waals surface area contributed by atoms with Crippen molar-refractivity contribution in [1.82, 2.24) is 15.1 Å². The van der Waals surface area contributed by atoms with Crippen LogP contribution in [0.2, 0.25) is 0 Å². The Morgan fingerprint density at radius 2 is 1.95 bits per heavy atom. The first-order valence-electron chi connectivity index (χ1n) is 6.56. The van der Waals surface area contributed by atoms with E-state index in [0.29, 0.717) is 11.8 Å². The lowest BCUT2D eigenvalue weighted by atomic mass is 10.2. The Kier molecular flexibility index (Phi) is 4.01. The second kappa shape index (κ2) is 6.09. The summed E-state index contributed by atoms with van der Waals surface area (Å²) in [6.45, 7) is 1.62. The van der Waals surface area contributed by atoms with Crippen molar-refractivity contribution in [2.45, 2.75) is 6.42 Å². The Morgan fingerprint density at radius 1 is 1.20 bits per heavy atom. The minimum Gasteiger partial charge on any atom is -0.420 e. The summed E-state index contributed by atoms with van der Waals surface area (Å²) in [5.74, 6) is 2.92. The molecule has 5 nitrogen and oxygen atoms in total. The predicted octanol–water partition coefficient (Wildman–Crippen LogP) is 1.85. The van der Waals surface area contributed by atoms with Crippen molar-refractivity contribution in [1.29, 1.82) is 0 Å². The Bertz CT molecular complexity index is 579. The number of carbonyl (C=O) groups excluding carboxylic acids is 1. The summed E-state index contributed by atoms with van der Waals surface area (Å²) >= 11 is 1.88. The molecular weight excluding hydrogens is 274 g/mol. The van der Waals surface area contributed by atoms with Gasteiger partial charge in [0.1, 0.15) is 6.42 Å². The molecular formula is C14H15N3O2S. The number of thioether (sulfide) groups is 1. The molecule has 0 bridgehead atoms. The molecule has 1 aliphatic rings. The molecule has 104 valence electrons. The molecule has 0 N–H and O–H groups in total. The zero-order chi connectivity index (χ0) is 13.8. The van der Waals surface area contributed by atoms with Gasteiger partial charge in [0.2, 0.25) is 17.7 Å². The molecule has 6 heteroatoms. The second-order valence-electron chi connectivity index (χ2n) is 4.54. The van der Waals surface area contributed by atoms with Crippen molar-refractivity contribution in [3.05, 3.63) is 36.2 Å². The van der Waals surface area contributed by atoms with Crippen molar-refractivity contribution in [3.8, 4) is 11.5 Å². The van der Waals surface area contributed by atoms with Gasteiger partial charge in [0.25, 0.3) is 0 Å². The molecule has 2 aromatic rings. The minimum absolute atomic E-state index is 0.0635. The summed E-state index contributed by atoms with van der Waals surface area (Å²) in [4.78, 5) is 14.0. The molecule has 0 radical (unpaired) electrons. The van der Waals surface area contributed by atoms with Gasteiger partial charge in [-0.15, -0.1) is 10.2 Å². The van der Waals surface area contributed by atoms with E-state index in [1.807, 2.05) is 47.0 Å². The van der Waals surface area contributed by atoms with Gasteiger partial charge in [-0.25, -0.2) is 0 Å². The molecule has 0 spiro atoms. The quantitative estimate of drug-likeness (QED) is 0.863. The maximum atomic E-state index is 12.1. The molecule has 1 aromatic carbocycles. The average molecular weight is 289 g/mol. The first kappa shape index (κ1) is 13.2. The van der Waals surface area contributed by atoms with Gasteiger partial charge in [-0.1, -0.05) is 18.2 Å². The summed E-state index contributed by atoms with van der Waals surface area (Å²) in [5.41, 5.74) is 0.869. The van der Waals surface area contributed by atoms with E-state index in [2.05, 4.69) is 10.2 Å². The van der Waals surface area contributed by atoms with Crippen LogP contribution in [0, 0.1) is 0 Å². The first-order chi connectivity index (χ1) is 9.83. The zero-order valence-electron chi connectivity index (χ0n) is 11.0. The first-order valence-corrected chi connectivity index (χ1v) is 7.72. The standard InChI is InChI=1S/C14H15N3O2S/c18-13(17-6-8-20-9-7-17)10-12-15-16-14(19-12)11-4-2-1-3-5-11/h1-5H,6-10H2. The van der Waals surface area contributed by atoms with E-state index < -0.39 is 0 Å². The fourth-order valence-electron chi connectivity index (χ4n) is 2.08. The lowest BCUT2D eigenvalue weighted by molar-refractivity contribution is -0.130. The summed E-state index contributed by atoms with van der Waals surface area (Å²) in [7, 11) is 0. The van der Waals surface area contributed by atoms with Crippen LogP contribution in [0.25, 0.3) is 11.5 Å². The molecule has 2 heterocycles. The van der Waals surface area contributed by atoms with E-state index >= 15 is 0 Å². The van der Waals surface area contributed by atoms with E-state index in [4.69, 9.17) is 4.42 Å². The second-order valence-corrected chi connectivity index (χ2v) is 5.76. The molecule has 20 heavy (non-hydrogen) atoms. The third-order valence-electron chi connectivity index (χ3n) is 3.15. The highest BCUT2D eigenvalue weighted by molar-refractivity contribution is 7.99. The van der Waals surface area contributed by atoms with Crippen molar-refractivity contribution < 1.29 is 9.21 Å². The summed E-state index contributed by atoms with van der Waals surface area (Å²) in [5, 5.41) is 7.95. The number of nitrogens with zero attached hydrogens (tertiary/aromatic N) is 3. The van der Waals surface area contributed by atoms with Gasteiger partial charge in [-0.3, -0.25) is 4.79 Å². The lowest BCUT2D eigenvalue weighted by Crippen LogP contribution is -2.38. The van der Waals surface area contributed by atoms with E-state index in [-0.39, 0.29) is 12.3 Å². The molecule has 0 atom stereocenters. The monoisotopic (exact) mass is 289 g/mol. The van der Waals surface area contributed by atoms with Crippen molar-refractivity contribution >= 4 is 17.7 Å². The van der Waals surface area contributed by atoms with E-state index in [9.17, 15) is 4.79 Å². The molecule has 1 amide bonds. The summed E-state index contributed by atoms with van der Waals surface area (Å²) in [6, 6.07) is 9.56. The van der Waals surface area contributed by atoms with Gasteiger partial charge < -0.3 is 9.32 Å². The summed E-state index contributed by atoms with van der Waals surface area (Å²) < 4.78 is 5.56. The van der Waals surface area contributed by atoms with Gasteiger partial charge in [-0.2, -0.15) is 11.8 Å². The van der Waals surface area contributed by atoms with E-state index in [1.54, 1.807) is 0 Å². The maximum absolute atomic E-state index is 12.1. The van der Waals surface area contributed by atoms with Gasteiger partial charge >= 0.3 is 0 Å². The van der Waals surface area contributed by atoms with Gasteiger partial charge in [0.15, 0.2) is 0 Å². The molecule has 1 saturated heterocycles. The lowest BCUT2D eigenvalue weighted by Gasteiger charge is -2.25. The number of carbonyl (C=O) groups is 1. The molecule has 1 fully saturated rings. The topological polar surface area (TPSA) is 59.2 Å². The SMILES string of the molecule is O=C(Cc1nnc(-c2ccccc2)o1)N1CCSCC1. The van der Waals surface area contributed by atoms with Crippen LogP contribution < -0.4 is 0 Å². The fourth-order valence-corrected chi connectivity index (χ4v) is 2.98. The average Bonchev–Trinajstić information content (AvgIpc) is 2.97. The van der Waals surface area contributed by atoms with Gasteiger partial charge in [-0.05, 0) is 12.1 Å². The van der Waals surface area contributed by atoms with Crippen LogP contribution in [0.3, 0.4) is 0 Å². The largest absolute Gasteiger partial charge is 0.420 e. The van der Waals surface area contributed by atoms with Gasteiger partial charge in [0, 0.05) is 30.2 Å². The normalized spacial score (nSPS) is 15.3. The smallest absolute Gasteiger partial charge is 0.247 e. The Hall–Kier alpha value is -1.82. The highest BCUT2D eigenvalue weighted by Crippen LogP contribution is 2.18. The number of aromatic nitrogens is 2. The van der Waals surface area contributed by atoms with Crippen LogP contribution in [-0.4, -0.2) is 45.6 Å². The van der Waals surface area contributed by atoms with Gasteiger partial charge in [0.05, 0.1) is 0 Å². The number of benzene rings is 1. The highest BCUT2D eigenvalue weighted by Gasteiger charge is 2.19. The van der Waals surface area contributed by atoms with Crippen molar-refractivity contribution in [2.24, 2.45) is 0 Å². The van der Waals surface area contributed by atoms with Crippen LogP contribution in [0.15, 0.2) is 34.7 Å². The zero-order valence-corrected chi connectivity index (χ0v) is 11.8. The Balaban J connectivity index is 1.66. The molecule has 1 aliphatic heterocycles. The highest BCUT2D eigenvalue weighted by atomic mass is 32.2. The Labute approximate surface area is 121 Å². The summed E-state index contributed by atoms with van der Waals surface area (Å²) in [6.07, 6.45) is 0.185. The van der Waals surface area contributed by atoms with Crippen LogP contribution in [0.5, 0.6) is 0 Å². The van der Waals surface area contributed by atoms with Crippen molar-refractivity contribution in [2.75, 3.05) is 24.6 Å². The number of rotatable bonds is 3. The maximum Gasteiger partial charge on any atom is 0.247 e. The fraction of sp³-hybridized carbons (Fsp3) is 0.357. The number of hydrogen-bond donors (Lipinski definition) is 0. The van der Waals surface area contributed by atoms with E-state index in [0.717, 1.165) is 30.2 Å². The number of amides is 1. The minimum atomic E-state index is 0.0635. The van der Waals surface area contributed by atoms with Crippen LogP contribution >= 0.6 is 11.8 Å². The molecule has 3 rings (SSSR count). The van der Waals surface area contributed by atoms with Crippen molar-refractivity contribution in [3.63, 3.8) is 0 Å². The third kappa shape index (κ3) is 3.01. The third-order valence-corrected chi connectivity index (χ3v) is 4.10.